The number of carbonyl (C=O) groups is 1. The summed E-state index contributed by atoms with van der Waals surface area (Å²) in [6.07, 6.45) is 0. The SMILES string of the molecule is CC(C)C1(O)CN(C(=O)c2cc(Cl)c(N)c(Cl)c2)C1. The molecule has 2 rings (SSSR count). The third-order valence-electron chi connectivity index (χ3n) is 3.62. The van der Waals surface area contributed by atoms with Crippen molar-refractivity contribution in [3.8, 4) is 0 Å². The van der Waals surface area contributed by atoms with Gasteiger partial charge < -0.3 is 15.7 Å². The second kappa shape index (κ2) is 4.85. The monoisotopic (exact) mass is 302 g/mol. The van der Waals surface area contributed by atoms with Crippen LogP contribution in [0.25, 0.3) is 0 Å². The molecular formula is C13H16Cl2N2O2. The molecule has 1 aliphatic heterocycles. The van der Waals surface area contributed by atoms with Crippen LogP contribution in [-0.2, 0) is 0 Å². The van der Waals surface area contributed by atoms with E-state index in [4.69, 9.17) is 28.9 Å². The predicted octanol–water partition coefficient (Wildman–Crippen LogP) is 2.42. The number of nitrogens with zero attached hydrogens (tertiary/aromatic N) is 1. The molecule has 19 heavy (non-hydrogen) atoms. The summed E-state index contributed by atoms with van der Waals surface area (Å²) in [6, 6.07) is 3.00. The number of carbonyl (C=O) groups excluding carboxylic acids is 1. The maximum atomic E-state index is 12.2. The number of amides is 1. The number of halogens is 2. The lowest BCUT2D eigenvalue weighted by molar-refractivity contribution is -0.110. The Bertz CT molecular complexity index is 502. The van der Waals surface area contributed by atoms with Gasteiger partial charge in [-0.3, -0.25) is 4.79 Å². The predicted molar refractivity (Wildman–Crippen MR) is 76.6 cm³/mol. The van der Waals surface area contributed by atoms with Crippen LogP contribution in [0.4, 0.5) is 5.69 Å². The average Bonchev–Trinajstić information content (AvgIpc) is 2.30. The molecule has 0 atom stereocenters. The lowest BCUT2D eigenvalue weighted by Crippen LogP contribution is -2.65. The summed E-state index contributed by atoms with van der Waals surface area (Å²) < 4.78 is 0. The van der Waals surface area contributed by atoms with E-state index in [1.54, 1.807) is 4.90 Å². The van der Waals surface area contributed by atoms with Crippen LogP contribution in [0.3, 0.4) is 0 Å². The minimum absolute atomic E-state index is 0.107. The van der Waals surface area contributed by atoms with E-state index in [1.807, 2.05) is 13.8 Å². The van der Waals surface area contributed by atoms with Gasteiger partial charge in [-0.2, -0.15) is 0 Å². The van der Waals surface area contributed by atoms with Gasteiger partial charge in [-0.15, -0.1) is 0 Å². The Labute approximate surface area is 122 Å². The molecule has 1 saturated heterocycles. The summed E-state index contributed by atoms with van der Waals surface area (Å²) in [4.78, 5) is 13.8. The second-order valence-corrected chi connectivity index (χ2v) is 6.09. The molecule has 0 bridgehead atoms. The zero-order valence-electron chi connectivity index (χ0n) is 10.8. The van der Waals surface area contributed by atoms with Crippen molar-refractivity contribution in [2.24, 2.45) is 5.92 Å². The van der Waals surface area contributed by atoms with Crippen LogP contribution in [0.15, 0.2) is 12.1 Å². The Balaban J connectivity index is 2.15. The van der Waals surface area contributed by atoms with Crippen molar-refractivity contribution in [1.29, 1.82) is 0 Å². The number of hydrogen-bond donors (Lipinski definition) is 2. The minimum atomic E-state index is -0.795. The molecule has 1 aromatic rings. The standard InChI is InChI=1S/C13H16Cl2N2O2/c1-7(2)13(19)5-17(6-13)12(18)8-3-9(14)11(16)10(15)4-8/h3-4,7,19H,5-6,16H2,1-2H3. The minimum Gasteiger partial charge on any atom is -0.396 e. The summed E-state index contributed by atoms with van der Waals surface area (Å²) >= 11 is 11.8. The van der Waals surface area contributed by atoms with E-state index in [9.17, 15) is 9.90 Å². The first-order valence-corrected chi connectivity index (χ1v) is 6.76. The van der Waals surface area contributed by atoms with Crippen molar-refractivity contribution in [2.45, 2.75) is 19.4 Å². The summed E-state index contributed by atoms with van der Waals surface area (Å²) in [5.41, 5.74) is 5.48. The number of benzene rings is 1. The number of anilines is 1. The van der Waals surface area contributed by atoms with Crippen molar-refractivity contribution in [3.63, 3.8) is 0 Å². The topological polar surface area (TPSA) is 66.6 Å². The molecule has 0 radical (unpaired) electrons. The first kappa shape index (κ1) is 14.4. The van der Waals surface area contributed by atoms with Gasteiger partial charge in [0.15, 0.2) is 0 Å². The zero-order chi connectivity index (χ0) is 14.4. The van der Waals surface area contributed by atoms with Gasteiger partial charge in [-0.25, -0.2) is 0 Å². The first-order valence-electron chi connectivity index (χ1n) is 6.01. The molecular weight excluding hydrogens is 287 g/mol. The summed E-state index contributed by atoms with van der Waals surface area (Å²) in [5.74, 6) is -0.0933. The molecule has 3 N–H and O–H groups in total. The van der Waals surface area contributed by atoms with E-state index >= 15 is 0 Å². The third-order valence-corrected chi connectivity index (χ3v) is 4.24. The van der Waals surface area contributed by atoms with E-state index in [2.05, 4.69) is 0 Å². The van der Waals surface area contributed by atoms with Crippen LogP contribution in [0.1, 0.15) is 24.2 Å². The molecule has 1 fully saturated rings. The highest BCUT2D eigenvalue weighted by molar-refractivity contribution is 6.39. The van der Waals surface area contributed by atoms with E-state index < -0.39 is 5.60 Å². The summed E-state index contributed by atoms with van der Waals surface area (Å²) in [5, 5.41) is 10.7. The normalized spacial score (nSPS) is 17.5. The van der Waals surface area contributed by atoms with Crippen LogP contribution < -0.4 is 5.73 Å². The fourth-order valence-electron chi connectivity index (χ4n) is 2.01. The molecule has 0 unspecified atom stereocenters. The van der Waals surface area contributed by atoms with Gasteiger partial charge in [0.1, 0.15) is 5.60 Å². The number of β-amino-alcohol motifs (C(OH)–C–C–N with tert-alkyl or cyclic N) is 1. The Hall–Kier alpha value is -0.970. The highest BCUT2D eigenvalue weighted by Gasteiger charge is 2.45. The van der Waals surface area contributed by atoms with Crippen LogP contribution in [0.2, 0.25) is 10.0 Å². The Morgan fingerprint density at radius 1 is 1.37 bits per heavy atom. The number of rotatable bonds is 2. The molecule has 1 aromatic carbocycles. The van der Waals surface area contributed by atoms with Crippen LogP contribution in [0, 0.1) is 5.92 Å². The Morgan fingerprint density at radius 3 is 2.26 bits per heavy atom. The van der Waals surface area contributed by atoms with E-state index in [-0.39, 0.29) is 27.6 Å². The quantitative estimate of drug-likeness (QED) is 0.825. The van der Waals surface area contributed by atoms with Crippen molar-refractivity contribution in [3.05, 3.63) is 27.7 Å². The maximum absolute atomic E-state index is 12.2. The molecule has 1 amide bonds. The highest BCUT2D eigenvalue weighted by Crippen LogP contribution is 2.33. The number of likely N-dealkylation sites (tertiary alicyclic amines) is 1. The first-order chi connectivity index (χ1) is 8.74. The van der Waals surface area contributed by atoms with E-state index in [0.717, 1.165) is 0 Å². The van der Waals surface area contributed by atoms with Crippen molar-refractivity contribution in [2.75, 3.05) is 18.8 Å². The van der Waals surface area contributed by atoms with Gasteiger partial charge >= 0.3 is 0 Å². The second-order valence-electron chi connectivity index (χ2n) is 5.27. The summed E-state index contributed by atoms with van der Waals surface area (Å²) in [6.45, 7) is 4.50. The Morgan fingerprint density at radius 2 is 1.84 bits per heavy atom. The van der Waals surface area contributed by atoms with Crippen LogP contribution in [0.5, 0.6) is 0 Å². The number of hydrogen-bond acceptors (Lipinski definition) is 3. The molecule has 4 nitrogen and oxygen atoms in total. The van der Waals surface area contributed by atoms with Gasteiger partial charge in [-0.1, -0.05) is 37.0 Å². The average molecular weight is 303 g/mol. The fourth-order valence-corrected chi connectivity index (χ4v) is 2.50. The molecule has 6 heteroatoms. The number of aliphatic hydroxyl groups is 1. The van der Waals surface area contributed by atoms with Crippen LogP contribution >= 0.6 is 23.2 Å². The fraction of sp³-hybridized carbons (Fsp3) is 0.462. The number of nitrogens with two attached hydrogens (primary N) is 1. The summed E-state index contributed by atoms with van der Waals surface area (Å²) in [7, 11) is 0. The Kier molecular flexibility index (Phi) is 3.69. The van der Waals surface area contributed by atoms with Gasteiger partial charge in [0.25, 0.3) is 5.91 Å². The molecule has 104 valence electrons. The molecule has 0 aromatic heterocycles. The molecule has 0 aliphatic carbocycles. The van der Waals surface area contributed by atoms with Gasteiger partial charge in [0.05, 0.1) is 28.8 Å². The van der Waals surface area contributed by atoms with Gasteiger partial charge in [-0.05, 0) is 18.1 Å². The molecule has 1 aliphatic rings. The smallest absolute Gasteiger partial charge is 0.254 e. The van der Waals surface area contributed by atoms with E-state index in [0.29, 0.717) is 18.7 Å². The largest absolute Gasteiger partial charge is 0.396 e. The van der Waals surface area contributed by atoms with Crippen LogP contribution in [-0.4, -0.2) is 34.6 Å². The maximum Gasteiger partial charge on any atom is 0.254 e. The van der Waals surface area contributed by atoms with E-state index in [1.165, 1.54) is 12.1 Å². The number of nitrogen functional groups attached to an aromatic ring is 1. The van der Waals surface area contributed by atoms with Crippen molar-refractivity contribution >= 4 is 34.8 Å². The molecule has 0 saturated carbocycles. The van der Waals surface area contributed by atoms with Gasteiger partial charge in [0, 0.05) is 5.56 Å². The van der Waals surface area contributed by atoms with Crippen molar-refractivity contribution < 1.29 is 9.90 Å². The van der Waals surface area contributed by atoms with Gasteiger partial charge in [0.2, 0.25) is 0 Å². The lowest BCUT2D eigenvalue weighted by Gasteiger charge is -2.49. The van der Waals surface area contributed by atoms with Crippen molar-refractivity contribution in [1.82, 2.24) is 4.90 Å². The highest BCUT2D eigenvalue weighted by atomic mass is 35.5. The molecule has 1 heterocycles. The zero-order valence-corrected chi connectivity index (χ0v) is 12.3. The lowest BCUT2D eigenvalue weighted by atomic mass is 9.82. The molecule has 0 spiro atoms. The third kappa shape index (κ3) is 2.53.